The van der Waals surface area contributed by atoms with Gasteiger partial charge in [-0.2, -0.15) is 0 Å². The fourth-order valence-electron chi connectivity index (χ4n) is 1.37. The predicted molar refractivity (Wildman–Crippen MR) is 57.2 cm³/mol. The fourth-order valence-corrected chi connectivity index (χ4v) is 2.51. The van der Waals surface area contributed by atoms with Gasteiger partial charge in [-0.15, -0.1) is 0 Å². The molecule has 0 amide bonds. The molecule has 76 valence electrons. The first kappa shape index (κ1) is 9.84. The Morgan fingerprint density at radius 1 is 1.43 bits per heavy atom. The van der Waals surface area contributed by atoms with Crippen LogP contribution in [0.1, 0.15) is 20.8 Å². The van der Waals surface area contributed by atoms with Crippen molar-refractivity contribution in [2.75, 3.05) is 6.61 Å². The second-order valence-electron chi connectivity index (χ2n) is 4.63. The fraction of sp³-hybridized carbons (Fsp3) is 0.545. The van der Waals surface area contributed by atoms with Gasteiger partial charge in [-0.05, 0) is 23.2 Å². The van der Waals surface area contributed by atoms with Crippen LogP contribution >= 0.6 is 11.8 Å². The Bertz CT molecular complexity index is 332. The van der Waals surface area contributed by atoms with Gasteiger partial charge in [0.1, 0.15) is 0 Å². The summed E-state index contributed by atoms with van der Waals surface area (Å²) in [6.45, 7) is 7.56. The van der Waals surface area contributed by atoms with Crippen LogP contribution in [0.2, 0.25) is 0 Å². The number of hydrogen-bond acceptors (Lipinski definition) is 2. The van der Waals surface area contributed by atoms with E-state index in [0.717, 1.165) is 6.61 Å². The number of rotatable bonds is 0. The molecule has 0 unspecified atom stereocenters. The summed E-state index contributed by atoms with van der Waals surface area (Å²) in [5.74, 6) is 0. The van der Waals surface area contributed by atoms with Gasteiger partial charge in [0.2, 0.25) is 6.20 Å². The van der Waals surface area contributed by atoms with E-state index in [1.807, 2.05) is 34.8 Å². The largest absolute Gasteiger partial charge is 0.291 e. The Labute approximate surface area is 89.2 Å². The lowest BCUT2D eigenvalue weighted by Crippen LogP contribution is -2.52. The van der Waals surface area contributed by atoms with E-state index in [1.165, 1.54) is 5.03 Å². The average Bonchev–Trinajstić information content (AvgIpc) is 2.16. The highest BCUT2D eigenvalue weighted by molar-refractivity contribution is 7.99. The maximum Gasteiger partial charge on any atom is 0.291 e. The molecular weight excluding hydrogens is 194 g/mol. The van der Waals surface area contributed by atoms with Gasteiger partial charge in [0.25, 0.3) is 5.03 Å². The summed E-state index contributed by atoms with van der Waals surface area (Å²) in [5.41, 5.74) is 0.290. The third-order valence-electron chi connectivity index (χ3n) is 2.38. The van der Waals surface area contributed by atoms with Gasteiger partial charge in [0, 0.05) is 16.9 Å². The Kier molecular flexibility index (Phi) is 2.43. The molecule has 0 spiro atoms. The van der Waals surface area contributed by atoms with E-state index in [0.29, 0.717) is 10.7 Å². The Morgan fingerprint density at radius 2 is 2.21 bits per heavy atom. The molecule has 1 atom stereocenters. The lowest BCUT2D eigenvalue weighted by molar-refractivity contribution is -0.921. The third-order valence-corrected chi connectivity index (χ3v) is 4.07. The van der Waals surface area contributed by atoms with Gasteiger partial charge >= 0.3 is 0 Å². The zero-order valence-electron chi connectivity index (χ0n) is 8.86. The number of thioether (sulfide) groups is 1. The summed E-state index contributed by atoms with van der Waals surface area (Å²) in [6, 6.07) is 6.14. The van der Waals surface area contributed by atoms with Crippen LogP contribution < -0.4 is 9.57 Å². The third kappa shape index (κ3) is 1.87. The summed E-state index contributed by atoms with van der Waals surface area (Å²) in [6.07, 6.45) is 1.96. The first-order chi connectivity index (χ1) is 6.57. The first-order valence-electron chi connectivity index (χ1n) is 4.88. The van der Waals surface area contributed by atoms with Crippen molar-refractivity contribution in [2.45, 2.75) is 31.0 Å². The van der Waals surface area contributed by atoms with Crippen molar-refractivity contribution in [3.05, 3.63) is 24.4 Å². The molecule has 1 aliphatic heterocycles. The number of aromatic nitrogens is 1. The molecule has 0 bridgehead atoms. The van der Waals surface area contributed by atoms with E-state index < -0.39 is 0 Å². The lowest BCUT2D eigenvalue weighted by atomic mass is 9.92. The molecule has 0 aromatic carbocycles. The number of hydrogen-bond donors (Lipinski definition) is 0. The molecule has 0 radical (unpaired) electrons. The Balaban J connectivity index is 2.22. The van der Waals surface area contributed by atoms with Crippen LogP contribution in [-0.4, -0.2) is 11.9 Å². The maximum absolute atomic E-state index is 5.66. The monoisotopic (exact) mass is 210 g/mol. The van der Waals surface area contributed by atoms with Crippen molar-refractivity contribution < 1.29 is 9.57 Å². The highest BCUT2D eigenvalue weighted by Crippen LogP contribution is 2.34. The standard InChI is InChI=1S/C11H16NOS/c1-11(2,3)9-8-13-12-7-5-4-6-10(12)14-9/h4-7,9H,8H2,1-3H3/q+1/t9-/m0/s1. The molecule has 1 aliphatic rings. The summed E-state index contributed by atoms with van der Waals surface area (Å²) in [5, 5.41) is 1.73. The van der Waals surface area contributed by atoms with Crippen LogP contribution in [0.4, 0.5) is 0 Å². The van der Waals surface area contributed by atoms with E-state index in [9.17, 15) is 0 Å². The van der Waals surface area contributed by atoms with Crippen LogP contribution in [0.15, 0.2) is 29.4 Å². The van der Waals surface area contributed by atoms with Gasteiger partial charge in [0.05, 0.1) is 5.25 Å². The molecule has 0 saturated carbocycles. The van der Waals surface area contributed by atoms with E-state index in [1.54, 1.807) is 0 Å². The maximum atomic E-state index is 5.66. The van der Waals surface area contributed by atoms with Crippen LogP contribution in [0.3, 0.4) is 0 Å². The molecule has 3 heteroatoms. The summed E-state index contributed by atoms with van der Waals surface area (Å²) in [7, 11) is 0. The molecule has 2 nitrogen and oxygen atoms in total. The van der Waals surface area contributed by atoms with Crippen LogP contribution in [0.25, 0.3) is 0 Å². The molecule has 2 heterocycles. The lowest BCUT2D eigenvalue weighted by Gasteiger charge is -2.29. The van der Waals surface area contributed by atoms with Crippen molar-refractivity contribution in [2.24, 2.45) is 5.41 Å². The molecule has 1 aromatic heterocycles. The summed E-state index contributed by atoms with van der Waals surface area (Å²) < 4.78 is 1.85. The molecular formula is C11H16NOS+. The van der Waals surface area contributed by atoms with Gasteiger partial charge in [-0.25, -0.2) is 0 Å². The highest BCUT2D eigenvalue weighted by Gasteiger charge is 2.34. The normalized spacial score (nSPS) is 21.2. The minimum Gasteiger partial charge on any atom is -0.269 e. The molecule has 0 N–H and O–H groups in total. The first-order valence-corrected chi connectivity index (χ1v) is 5.76. The smallest absolute Gasteiger partial charge is 0.269 e. The second kappa shape index (κ2) is 3.46. The average molecular weight is 210 g/mol. The van der Waals surface area contributed by atoms with Crippen LogP contribution in [0.5, 0.6) is 0 Å². The molecule has 0 fully saturated rings. The van der Waals surface area contributed by atoms with E-state index in [4.69, 9.17) is 4.84 Å². The zero-order chi connectivity index (χ0) is 10.2. The summed E-state index contributed by atoms with van der Waals surface area (Å²) in [4.78, 5) is 5.66. The highest BCUT2D eigenvalue weighted by atomic mass is 32.2. The molecule has 14 heavy (non-hydrogen) atoms. The number of fused-ring (bicyclic) bond motifs is 1. The van der Waals surface area contributed by atoms with Crippen molar-refractivity contribution in [3.63, 3.8) is 0 Å². The quantitative estimate of drug-likeness (QED) is 0.607. The molecule has 0 saturated heterocycles. The van der Waals surface area contributed by atoms with E-state index in [2.05, 4.69) is 26.8 Å². The Hall–Kier alpha value is -0.700. The van der Waals surface area contributed by atoms with Gasteiger partial charge in [-0.3, -0.25) is 4.84 Å². The number of nitrogens with zero attached hydrogens (tertiary/aromatic N) is 1. The minimum absolute atomic E-state index is 0.290. The van der Waals surface area contributed by atoms with Crippen LogP contribution in [-0.2, 0) is 0 Å². The minimum atomic E-state index is 0.290. The summed E-state index contributed by atoms with van der Waals surface area (Å²) >= 11 is 1.90. The van der Waals surface area contributed by atoms with Crippen LogP contribution in [0, 0.1) is 5.41 Å². The number of pyridine rings is 1. The predicted octanol–water partition coefficient (Wildman–Crippen LogP) is 1.92. The second-order valence-corrected chi connectivity index (χ2v) is 5.86. The van der Waals surface area contributed by atoms with Gasteiger partial charge in [-0.1, -0.05) is 20.8 Å². The molecule has 2 rings (SSSR count). The van der Waals surface area contributed by atoms with E-state index in [-0.39, 0.29) is 0 Å². The zero-order valence-corrected chi connectivity index (χ0v) is 9.67. The molecule has 1 aromatic rings. The Morgan fingerprint density at radius 3 is 2.93 bits per heavy atom. The van der Waals surface area contributed by atoms with Crippen molar-refractivity contribution in [1.82, 2.24) is 0 Å². The van der Waals surface area contributed by atoms with Gasteiger partial charge in [0.15, 0.2) is 6.61 Å². The van der Waals surface area contributed by atoms with Gasteiger partial charge < -0.3 is 0 Å². The topological polar surface area (TPSA) is 13.1 Å². The van der Waals surface area contributed by atoms with Crippen molar-refractivity contribution >= 4 is 11.8 Å². The van der Waals surface area contributed by atoms with E-state index >= 15 is 0 Å². The SMILES string of the molecule is CC(C)(C)[C@@H]1CO[n+]2ccccc2S1. The van der Waals surface area contributed by atoms with Crippen molar-refractivity contribution in [3.8, 4) is 0 Å². The van der Waals surface area contributed by atoms with Crippen molar-refractivity contribution in [1.29, 1.82) is 0 Å². The molecule has 0 aliphatic carbocycles.